The summed E-state index contributed by atoms with van der Waals surface area (Å²) in [6.45, 7) is 2.95. The minimum atomic E-state index is -0.288. The van der Waals surface area contributed by atoms with Crippen LogP contribution in [0.5, 0.6) is 11.8 Å². The highest BCUT2D eigenvalue weighted by Crippen LogP contribution is 2.42. The summed E-state index contributed by atoms with van der Waals surface area (Å²) in [5, 5.41) is 1.19. The predicted molar refractivity (Wildman–Crippen MR) is 122 cm³/mol. The fraction of sp³-hybridized carbons (Fsp3) is 0.458. The summed E-state index contributed by atoms with van der Waals surface area (Å²) in [6, 6.07) is 9.93. The van der Waals surface area contributed by atoms with Crippen LogP contribution in [0, 0.1) is 5.41 Å². The number of carbonyl (C=O) groups is 1. The molecule has 3 aromatic rings. The number of rotatable bonds is 5. The molecule has 1 spiro atoms. The van der Waals surface area contributed by atoms with E-state index >= 15 is 0 Å². The molecule has 2 saturated heterocycles. The van der Waals surface area contributed by atoms with Gasteiger partial charge < -0.3 is 24.3 Å². The van der Waals surface area contributed by atoms with E-state index in [0.29, 0.717) is 24.3 Å². The van der Waals surface area contributed by atoms with Gasteiger partial charge in [0.2, 0.25) is 23.6 Å². The lowest BCUT2D eigenvalue weighted by molar-refractivity contribution is -0.148. The maximum Gasteiger partial charge on any atom is 0.231 e. The number of anilines is 1. The zero-order valence-corrected chi connectivity index (χ0v) is 18.6. The molecule has 5 rings (SSSR count). The summed E-state index contributed by atoms with van der Waals surface area (Å²) >= 11 is 0. The van der Waals surface area contributed by atoms with Crippen LogP contribution in [-0.4, -0.2) is 59.6 Å². The van der Waals surface area contributed by atoms with E-state index in [1.54, 1.807) is 20.3 Å². The molecule has 168 valence electrons. The lowest BCUT2D eigenvalue weighted by atomic mass is 9.71. The van der Waals surface area contributed by atoms with Crippen LogP contribution >= 0.6 is 0 Å². The third kappa shape index (κ3) is 3.63. The molecule has 2 aliphatic heterocycles. The van der Waals surface area contributed by atoms with Crippen molar-refractivity contribution in [2.45, 2.75) is 32.2 Å². The zero-order valence-electron chi connectivity index (χ0n) is 18.6. The molecule has 0 bridgehead atoms. The number of benzene rings is 1. The molecule has 0 aliphatic carbocycles. The molecule has 4 heterocycles. The Morgan fingerprint density at radius 1 is 1.03 bits per heavy atom. The number of H-pyrrole nitrogens is 1. The Balaban J connectivity index is 1.30. The van der Waals surface area contributed by atoms with Gasteiger partial charge in [-0.1, -0.05) is 18.2 Å². The SMILES string of the molecule is COc1cc(OC)nc(N2CCC3(CCCN(Cc4c[nH]c5ccccc45)C3=O)CC2)n1. The van der Waals surface area contributed by atoms with Crippen LogP contribution in [0.4, 0.5) is 5.95 Å². The number of para-hydroxylation sites is 1. The number of piperidine rings is 2. The van der Waals surface area contributed by atoms with Crippen LogP contribution in [0.3, 0.4) is 0 Å². The van der Waals surface area contributed by atoms with E-state index in [9.17, 15) is 4.79 Å². The fourth-order valence-corrected chi connectivity index (χ4v) is 5.11. The molecule has 0 radical (unpaired) electrons. The Hall–Kier alpha value is -3.29. The number of carbonyl (C=O) groups excluding carboxylic acids is 1. The second kappa shape index (κ2) is 8.33. The molecule has 8 heteroatoms. The van der Waals surface area contributed by atoms with Crippen LogP contribution in [0.1, 0.15) is 31.2 Å². The van der Waals surface area contributed by atoms with Gasteiger partial charge in [-0.3, -0.25) is 4.79 Å². The number of methoxy groups -OCH3 is 2. The summed E-state index contributed by atoms with van der Waals surface area (Å²) in [5.74, 6) is 1.84. The molecule has 2 fully saturated rings. The van der Waals surface area contributed by atoms with Gasteiger partial charge in [0.1, 0.15) is 0 Å². The number of aromatic nitrogens is 3. The van der Waals surface area contributed by atoms with Gasteiger partial charge in [0.25, 0.3) is 0 Å². The zero-order chi connectivity index (χ0) is 22.1. The molecular weight excluding hydrogens is 406 g/mol. The highest BCUT2D eigenvalue weighted by atomic mass is 16.5. The minimum Gasteiger partial charge on any atom is -0.481 e. The quantitative estimate of drug-likeness (QED) is 0.662. The number of fused-ring (bicyclic) bond motifs is 1. The molecule has 1 N–H and O–H groups in total. The van der Waals surface area contributed by atoms with Crippen molar-refractivity contribution in [3.8, 4) is 11.8 Å². The lowest BCUT2D eigenvalue weighted by Crippen LogP contribution is -2.53. The van der Waals surface area contributed by atoms with Crippen LogP contribution in [0.2, 0.25) is 0 Å². The second-order valence-corrected chi connectivity index (χ2v) is 8.71. The molecule has 2 aliphatic rings. The van der Waals surface area contributed by atoms with Gasteiger partial charge in [0.15, 0.2) is 0 Å². The second-order valence-electron chi connectivity index (χ2n) is 8.71. The number of amides is 1. The normalized spacial score (nSPS) is 18.4. The first-order chi connectivity index (χ1) is 15.6. The third-order valence-corrected chi connectivity index (χ3v) is 6.95. The van der Waals surface area contributed by atoms with Crippen LogP contribution in [0.25, 0.3) is 10.9 Å². The molecule has 0 atom stereocenters. The average Bonchev–Trinajstić information content (AvgIpc) is 3.25. The van der Waals surface area contributed by atoms with E-state index in [1.165, 1.54) is 10.9 Å². The standard InChI is InChI=1S/C24H29N5O3/c1-31-20-14-21(32-2)27-23(26-20)28-12-9-24(10-13-28)8-5-11-29(22(24)30)16-17-15-25-19-7-4-3-6-18(17)19/h3-4,6-7,14-15,25H,5,8-13,16H2,1-2H3. The van der Waals surface area contributed by atoms with Crippen molar-refractivity contribution < 1.29 is 14.3 Å². The van der Waals surface area contributed by atoms with Crippen LogP contribution < -0.4 is 14.4 Å². The largest absolute Gasteiger partial charge is 0.481 e. The predicted octanol–water partition coefficient (Wildman–Crippen LogP) is 3.38. The van der Waals surface area contributed by atoms with E-state index in [2.05, 4.69) is 36.9 Å². The highest BCUT2D eigenvalue weighted by molar-refractivity contribution is 5.86. The first-order valence-electron chi connectivity index (χ1n) is 11.2. The maximum absolute atomic E-state index is 13.6. The molecule has 1 aromatic carbocycles. The van der Waals surface area contributed by atoms with Gasteiger partial charge in [-0.15, -0.1) is 0 Å². The van der Waals surface area contributed by atoms with Gasteiger partial charge in [-0.2, -0.15) is 9.97 Å². The lowest BCUT2D eigenvalue weighted by Gasteiger charge is -2.46. The summed E-state index contributed by atoms with van der Waals surface area (Å²) < 4.78 is 10.6. The Bertz CT molecular complexity index is 1100. The van der Waals surface area contributed by atoms with Crippen molar-refractivity contribution in [3.63, 3.8) is 0 Å². The first-order valence-corrected chi connectivity index (χ1v) is 11.2. The van der Waals surface area contributed by atoms with E-state index in [-0.39, 0.29) is 11.3 Å². The summed E-state index contributed by atoms with van der Waals surface area (Å²) in [5.41, 5.74) is 2.01. The number of nitrogens with zero attached hydrogens (tertiary/aromatic N) is 4. The van der Waals surface area contributed by atoms with Gasteiger partial charge in [-0.25, -0.2) is 0 Å². The molecule has 0 saturated carbocycles. The molecule has 32 heavy (non-hydrogen) atoms. The number of ether oxygens (including phenoxy) is 2. The molecule has 8 nitrogen and oxygen atoms in total. The Kier molecular flexibility index (Phi) is 5.36. The molecule has 2 aromatic heterocycles. The van der Waals surface area contributed by atoms with E-state index in [4.69, 9.17) is 9.47 Å². The molecular formula is C24H29N5O3. The van der Waals surface area contributed by atoms with E-state index in [1.807, 2.05) is 18.3 Å². The van der Waals surface area contributed by atoms with Crippen molar-refractivity contribution in [2.75, 3.05) is 38.8 Å². The summed E-state index contributed by atoms with van der Waals surface area (Å²) in [7, 11) is 3.17. The Morgan fingerprint density at radius 3 is 2.47 bits per heavy atom. The summed E-state index contributed by atoms with van der Waals surface area (Å²) in [4.78, 5) is 30.1. The molecule has 0 unspecified atom stereocenters. The third-order valence-electron chi connectivity index (χ3n) is 6.95. The summed E-state index contributed by atoms with van der Waals surface area (Å²) in [6.07, 6.45) is 5.64. The first kappa shape index (κ1) is 20.6. The number of hydrogen-bond acceptors (Lipinski definition) is 6. The number of hydrogen-bond donors (Lipinski definition) is 1. The van der Waals surface area contributed by atoms with Gasteiger partial charge in [-0.05, 0) is 37.3 Å². The topological polar surface area (TPSA) is 83.6 Å². The van der Waals surface area contributed by atoms with Crippen molar-refractivity contribution in [3.05, 3.63) is 42.1 Å². The number of likely N-dealkylation sites (tertiary alicyclic amines) is 1. The minimum absolute atomic E-state index is 0.288. The van der Waals surface area contributed by atoms with E-state index < -0.39 is 0 Å². The van der Waals surface area contributed by atoms with Crippen molar-refractivity contribution in [1.82, 2.24) is 19.9 Å². The highest BCUT2D eigenvalue weighted by Gasteiger charge is 2.46. The van der Waals surface area contributed by atoms with E-state index in [0.717, 1.165) is 50.8 Å². The Morgan fingerprint density at radius 2 is 1.75 bits per heavy atom. The average molecular weight is 436 g/mol. The fourth-order valence-electron chi connectivity index (χ4n) is 5.11. The number of aromatic amines is 1. The van der Waals surface area contributed by atoms with Crippen LogP contribution in [0.15, 0.2) is 36.5 Å². The van der Waals surface area contributed by atoms with Gasteiger partial charge in [0, 0.05) is 43.3 Å². The smallest absolute Gasteiger partial charge is 0.231 e. The van der Waals surface area contributed by atoms with Gasteiger partial charge in [0.05, 0.1) is 25.7 Å². The van der Waals surface area contributed by atoms with Crippen molar-refractivity contribution >= 4 is 22.8 Å². The molecule has 1 amide bonds. The number of nitrogens with one attached hydrogen (secondary N) is 1. The van der Waals surface area contributed by atoms with Crippen molar-refractivity contribution in [2.24, 2.45) is 5.41 Å². The monoisotopic (exact) mass is 435 g/mol. The van der Waals surface area contributed by atoms with Crippen LogP contribution in [-0.2, 0) is 11.3 Å². The van der Waals surface area contributed by atoms with Gasteiger partial charge >= 0.3 is 0 Å². The maximum atomic E-state index is 13.6. The van der Waals surface area contributed by atoms with Crippen molar-refractivity contribution in [1.29, 1.82) is 0 Å². The Labute approximate surface area is 187 Å².